The van der Waals surface area contributed by atoms with Crippen molar-refractivity contribution < 1.29 is 13.2 Å². The maximum atomic E-state index is 12.4. The molecule has 16 heavy (non-hydrogen) atoms. The molecule has 1 aliphatic carbocycles. The summed E-state index contributed by atoms with van der Waals surface area (Å²) in [7, 11) is 0. The van der Waals surface area contributed by atoms with E-state index in [2.05, 4.69) is 4.98 Å². The molecule has 1 heterocycles. The molecular formula is C10H12F3N3. The minimum atomic E-state index is -4.21. The first-order chi connectivity index (χ1) is 7.46. The smallest absolute Gasteiger partial charge is 0.384 e. The molecule has 1 saturated carbocycles. The number of nitrogens with zero attached hydrogens (tertiary/aromatic N) is 2. The Bertz CT molecular complexity index is 374. The van der Waals surface area contributed by atoms with Crippen LogP contribution in [-0.4, -0.2) is 23.7 Å². The van der Waals surface area contributed by atoms with E-state index in [0.717, 1.165) is 12.8 Å². The Morgan fingerprint density at radius 3 is 2.56 bits per heavy atom. The summed E-state index contributed by atoms with van der Waals surface area (Å²) in [4.78, 5) is 5.20. The van der Waals surface area contributed by atoms with E-state index in [0.29, 0.717) is 5.82 Å². The lowest BCUT2D eigenvalue weighted by Crippen LogP contribution is -2.36. The van der Waals surface area contributed by atoms with Crippen LogP contribution in [0.25, 0.3) is 0 Å². The van der Waals surface area contributed by atoms with Crippen LogP contribution in [0.5, 0.6) is 0 Å². The summed E-state index contributed by atoms with van der Waals surface area (Å²) in [6.45, 7) is -0.964. The number of hydrogen-bond donors (Lipinski definition) is 1. The fourth-order valence-electron chi connectivity index (χ4n) is 1.58. The maximum absolute atomic E-state index is 12.4. The molecule has 0 aliphatic heterocycles. The lowest BCUT2D eigenvalue weighted by Gasteiger charge is -2.24. The van der Waals surface area contributed by atoms with Crippen molar-refractivity contribution in [1.82, 2.24) is 4.98 Å². The van der Waals surface area contributed by atoms with E-state index in [1.54, 1.807) is 18.2 Å². The van der Waals surface area contributed by atoms with Gasteiger partial charge in [-0.1, -0.05) is 6.07 Å². The van der Waals surface area contributed by atoms with E-state index >= 15 is 0 Å². The molecule has 0 aromatic carbocycles. The molecule has 0 radical (unpaired) electrons. The highest BCUT2D eigenvalue weighted by Crippen LogP contribution is 2.33. The van der Waals surface area contributed by atoms with Crippen LogP contribution in [0, 0.1) is 0 Å². The molecule has 6 heteroatoms. The van der Waals surface area contributed by atoms with E-state index in [9.17, 15) is 13.2 Å². The van der Waals surface area contributed by atoms with Crippen LogP contribution in [0.4, 0.5) is 24.8 Å². The van der Waals surface area contributed by atoms with Crippen LogP contribution >= 0.6 is 0 Å². The zero-order valence-corrected chi connectivity index (χ0v) is 8.54. The number of aromatic nitrogens is 1. The van der Waals surface area contributed by atoms with Gasteiger partial charge in [0, 0.05) is 6.04 Å². The molecule has 1 aromatic rings. The fourth-order valence-corrected chi connectivity index (χ4v) is 1.58. The number of hydrogen-bond acceptors (Lipinski definition) is 3. The van der Waals surface area contributed by atoms with Crippen molar-refractivity contribution in [1.29, 1.82) is 0 Å². The topological polar surface area (TPSA) is 42.1 Å². The van der Waals surface area contributed by atoms with Crippen LogP contribution in [0.3, 0.4) is 0 Å². The van der Waals surface area contributed by atoms with E-state index in [4.69, 9.17) is 5.73 Å². The van der Waals surface area contributed by atoms with Crippen LogP contribution in [0.1, 0.15) is 12.8 Å². The van der Waals surface area contributed by atoms with Gasteiger partial charge < -0.3 is 10.6 Å². The Labute approximate surface area is 91.1 Å². The molecule has 3 nitrogen and oxygen atoms in total. The molecule has 1 aliphatic rings. The lowest BCUT2D eigenvalue weighted by molar-refractivity contribution is -0.120. The highest BCUT2D eigenvalue weighted by atomic mass is 19.4. The van der Waals surface area contributed by atoms with Crippen LogP contribution in [0.2, 0.25) is 0 Å². The average molecular weight is 231 g/mol. The molecule has 0 spiro atoms. The second-order valence-electron chi connectivity index (χ2n) is 3.89. The summed E-state index contributed by atoms with van der Waals surface area (Å²) in [5.41, 5.74) is 5.46. The third kappa shape index (κ3) is 2.77. The van der Waals surface area contributed by atoms with Crippen molar-refractivity contribution >= 4 is 11.6 Å². The van der Waals surface area contributed by atoms with Crippen molar-refractivity contribution in [2.45, 2.75) is 25.1 Å². The van der Waals surface area contributed by atoms with Gasteiger partial charge in [-0.25, -0.2) is 4.98 Å². The minimum Gasteiger partial charge on any atom is -0.384 e. The van der Waals surface area contributed by atoms with Crippen LogP contribution in [0.15, 0.2) is 18.2 Å². The molecule has 88 valence electrons. The second-order valence-corrected chi connectivity index (χ2v) is 3.89. The highest BCUT2D eigenvalue weighted by molar-refractivity contribution is 5.46. The molecule has 0 amide bonds. The first kappa shape index (κ1) is 11.0. The third-order valence-corrected chi connectivity index (χ3v) is 2.39. The van der Waals surface area contributed by atoms with Crippen molar-refractivity contribution in [3.63, 3.8) is 0 Å². The Morgan fingerprint density at radius 1 is 1.38 bits per heavy atom. The molecule has 1 aromatic heterocycles. The quantitative estimate of drug-likeness (QED) is 0.867. The SMILES string of the molecule is Nc1cccc(N(CC(F)(F)F)C2CC2)n1. The second kappa shape index (κ2) is 3.84. The molecule has 1 fully saturated rings. The average Bonchev–Trinajstić information content (AvgIpc) is 2.96. The van der Waals surface area contributed by atoms with Gasteiger partial charge in [0.2, 0.25) is 0 Å². The molecule has 2 N–H and O–H groups in total. The monoisotopic (exact) mass is 231 g/mol. The van der Waals surface area contributed by atoms with Crippen molar-refractivity contribution in [3.05, 3.63) is 18.2 Å². The molecule has 0 atom stereocenters. The molecule has 0 saturated heterocycles. The van der Waals surface area contributed by atoms with Crippen molar-refractivity contribution in [3.8, 4) is 0 Å². The third-order valence-electron chi connectivity index (χ3n) is 2.39. The van der Waals surface area contributed by atoms with Gasteiger partial charge in [0.1, 0.15) is 18.2 Å². The zero-order chi connectivity index (χ0) is 11.8. The molecule has 0 unspecified atom stereocenters. The van der Waals surface area contributed by atoms with Gasteiger partial charge in [0.25, 0.3) is 0 Å². The van der Waals surface area contributed by atoms with E-state index in [-0.39, 0.29) is 11.9 Å². The van der Waals surface area contributed by atoms with E-state index in [1.165, 1.54) is 4.90 Å². The normalized spacial score (nSPS) is 16.2. The number of halogens is 3. The van der Waals surface area contributed by atoms with Gasteiger partial charge in [0.05, 0.1) is 0 Å². The summed E-state index contributed by atoms with van der Waals surface area (Å²) >= 11 is 0. The first-order valence-electron chi connectivity index (χ1n) is 5.01. The molecule has 2 rings (SSSR count). The summed E-state index contributed by atoms with van der Waals surface area (Å²) in [6, 6.07) is 4.68. The standard InChI is InChI=1S/C10H12F3N3/c11-10(12,13)6-16(7-4-5-7)9-3-1-2-8(14)15-9/h1-3,7H,4-6H2,(H2,14,15). The number of rotatable bonds is 3. The van der Waals surface area contributed by atoms with Gasteiger partial charge in [-0.2, -0.15) is 13.2 Å². The van der Waals surface area contributed by atoms with Crippen molar-refractivity contribution in [2.24, 2.45) is 0 Å². The summed E-state index contributed by atoms with van der Waals surface area (Å²) < 4.78 is 37.1. The van der Waals surface area contributed by atoms with Crippen LogP contribution < -0.4 is 10.6 Å². The number of nitrogens with two attached hydrogens (primary N) is 1. The zero-order valence-electron chi connectivity index (χ0n) is 8.54. The van der Waals surface area contributed by atoms with Gasteiger partial charge in [-0.05, 0) is 25.0 Å². The Morgan fingerprint density at radius 2 is 2.06 bits per heavy atom. The number of nitrogen functional groups attached to an aromatic ring is 1. The Kier molecular flexibility index (Phi) is 2.65. The predicted molar refractivity (Wildman–Crippen MR) is 55.1 cm³/mol. The number of alkyl halides is 3. The fraction of sp³-hybridized carbons (Fsp3) is 0.500. The molecular weight excluding hydrogens is 219 g/mol. The lowest BCUT2D eigenvalue weighted by atomic mass is 10.3. The van der Waals surface area contributed by atoms with Gasteiger partial charge in [-0.15, -0.1) is 0 Å². The molecule has 0 bridgehead atoms. The number of anilines is 2. The highest BCUT2D eigenvalue weighted by Gasteiger charge is 2.38. The summed E-state index contributed by atoms with van der Waals surface area (Å²) in [5.74, 6) is 0.546. The predicted octanol–water partition coefficient (Wildman–Crippen LogP) is 2.19. The van der Waals surface area contributed by atoms with Gasteiger partial charge in [0.15, 0.2) is 0 Å². The largest absolute Gasteiger partial charge is 0.405 e. The van der Waals surface area contributed by atoms with Crippen LogP contribution in [-0.2, 0) is 0 Å². The summed E-state index contributed by atoms with van der Waals surface area (Å²) in [5, 5.41) is 0. The van der Waals surface area contributed by atoms with E-state index in [1.807, 2.05) is 0 Å². The number of pyridine rings is 1. The van der Waals surface area contributed by atoms with Crippen molar-refractivity contribution in [2.75, 3.05) is 17.2 Å². The van der Waals surface area contributed by atoms with Gasteiger partial charge in [-0.3, -0.25) is 0 Å². The first-order valence-corrected chi connectivity index (χ1v) is 5.01. The van der Waals surface area contributed by atoms with Gasteiger partial charge >= 0.3 is 6.18 Å². The summed E-state index contributed by atoms with van der Waals surface area (Å²) in [6.07, 6.45) is -2.64. The van der Waals surface area contributed by atoms with E-state index < -0.39 is 12.7 Å². The maximum Gasteiger partial charge on any atom is 0.405 e. The Hall–Kier alpha value is -1.46. The minimum absolute atomic E-state index is 0.0454. The Balaban J connectivity index is 2.19.